The lowest BCUT2D eigenvalue weighted by Gasteiger charge is -2.38. The predicted octanol–water partition coefficient (Wildman–Crippen LogP) is 2.57. The summed E-state index contributed by atoms with van der Waals surface area (Å²) in [4.78, 5) is 32.6. The molecule has 27 heavy (non-hydrogen) atoms. The third kappa shape index (κ3) is 4.07. The van der Waals surface area contributed by atoms with Gasteiger partial charge in [-0.2, -0.15) is 0 Å². The fourth-order valence-electron chi connectivity index (χ4n) is 3.75. The van der Waals surface area contributed by atoms with Crippen molar-refractivity contribution < 1.29 is 19.2 Å². The number of carbonyl (C=O) groups excluding carboxylic acids is 2. The van der Waals surface area contributed by atoms with E-state index in [2.05, 4.69) is 10.5 Å². The number of rotatable bonds is 5. The normalized spacial score (nSPS) is 24.3. The van der Waals surface area contributed by atoms with Crippen molar-refractivity contribution in [1.29, 1.82) is 0 Å². The van der Waals surface area contributed by atoms with Gasteiger partial charge in [0.2, 0.25) is 5.91 Å². The van der Waals surface area contributed by atoms with Gasteiger partial charge in [0.05, 0.1) is 13.7 Å². The van der Waals surface area contributed by atoms with Gasteiger partial charge in [-0.25, -0.2) is 0 Å². The van der Waals surface area contributed by atoms with E-state index < -0.39 is 5.60 Å². The van der Waals surface area contributed by atoms with Gasteiger partial charge in [-0.15, -0.1) is 0 Å². The number of anilines is 1. The monoisotopic (exact) mass is 371 g/mol. The van der Waals surface area contributed by atoms with E-state index in [1.54, 1.807) is 31.4 Å². The van der Waals surface area contributed by atoms with Crippen molar-refractivity contribution in [3.63, 3.8) is 0 Å². The lowest BCUT2D eigenvalue weighted by atomic mass is 9.87. The highest BCUT2D eigenvalue weighted by molar-refractivity contribution is 6.43. The van der Waals surface area contributed by atoms with Gasteiger partial charge in [0.1, 0.15) is 11.5 Å². The van der Waals surface area contributed by atoms with Crippen molar-refractivity contribution in [1.82, 2.24) is 4.90 Å². The van der Waals surface area contributed by atoms with Gasteiger partial charge in [-0.1, -0.05) is 5.16 Å². The van der Waals surface area contributed by atoms with E-state index in [0.717, 1.165) is 25.1 Å². The number of nitrogens with zero attached hydrogens (tertiary/aromatic N) is 2. The molecule has 1 saturated heterocycles. The van der Waals surface area contributed by atoms with Crippen LogP contribution in [0.1, 0.15) is 38.5 Å². The summed E-state index contributed by atoms with van der Waals surface area (Å²) in [7, 11) is 1.60. The molecule has 2 amide bonds. The van der Waals surface area contributed by atoms with Crippen molar-refractivity contribution in [2.45, 2.75) is 44.1 Å². The zero-order chi connectivity index (χ0) is 18.9. The van der Waals surface area contributed by atoms with E-state index in [9.17, 15) is 9.59 Å². The number of hydrogen-bond donors (Lipinski definition) is 1. The summed E-state index contributed by atoms with van der Waals surface area (Å²) >= 11 is 0. The van der Waals surface area contributed by atoms with Gasteiger partial charge in [0.15, 0.2) is 5.60 Å². The van der Waals surface area contributed by atoms with Crippen molar-refractivity contribution in [2.24, 2.45) is 11.1 Å². The Morgan fingerprint density at radius 2 is 2.11 bits per heavy atom. The number of amides is 2. The van der Waals surface area contributed by atoms with E-state index in [1.807, 2.05) is 4.90 Å². The molecule has 1 N–H and O–H groups in total. The highest BCUT2D eigenvalue weighted by Crippen LogP contribution is 2.36. The molecular weight excluding hydrogens is 346 g/mol. The number of ether oxygens (including phenoxy) is 1. The molecule has 0 bridgehead atoms. The van der Waals surface area contributed by atoms with Crippen molar-refractivity contribution in [3.05, 3.63) is 24.3 Å². The molecule has 0 aromatic heterocycles. The first kappa shape index (κ1) is 17.8. The summed E-state index contributed by atoms with van der Waals surface area (Å²) in [5.74, 6) is 1.24. The van der Waals surface area contributed by atoms with E-state index >= 15 is 0 Å². The van der Waals surface area contributed by atoms with E-state index in [0.29, 0.717) is 36.7 Å². The SMILES string of the molecule is COc1ccc(NC(=O)C2=NO[C@@]3(CCCN(C(=O)CC4CC4)C3)C2)cc1. The molecule has 1 saturated carbocycles. The second-order valence-corrected chi connectivity index (χ2v) is 7.74. The maximum Gasteiger partial charge on any atom is 0.273 e. The highest BCUT2D eigenvalue weighted by Gasteiger charge is 2.45. The number of nitrogens with one attached hydrogen (secondary N) is 1. The van der Waals surface area contributed by atoms with Gasteiger partial charge in [0.25, 0.3) is 5.91 Å². The molecule has 1 atom stereocenters. The lowest BCUT2D eigenvalue weighted by molar-refractivity contribution is -0.141. The molecule has 7 heteroatoms. The summed E-state index contributed by atoms with van der Waals surface area (Å²) in [5.41, 5.74) is 0.501. The summed E-state index contributed by atoms with van der Waals surface area (Å²) in [6.07, 6.45) is 5.09. The van der Waals surface area contributed by atoms with E-state index in [-0.39, 0.29) is 11.8 Å². The standard InChI is InChI=1S/C20H25N3O4/c1-26-16-7-5-15(6-8-16)21-19(25)17-12-20(27-22-17)9-2-10-23(13-20)18(24)11-14-3-4-14/h5-8,14H,2-4,9-13H2,1H3,(H,21,25)/t20-/m0/s1. The molecule has 4 rings (SSSR count). The molecule has 144 valence electrons. The number of oxime groups is 1. The summed E-state index contributed by atoms with van der Waals surface area (Å²) < 4.78 is 5.12. The Balaban J connectivity index is 1.34. The van der Waals surface area contributed by atoms with Gasteiger partial charge in [-0.3, -0.25) is 9.59 Å². The van der Waals surface area contributed by atoms with Gasteiger partial charge in [0, 0.05) is 25.1 Å². The number of benzene rings is 1. The van der Waals surface area contributed by atoms with Gasteiger partial charge in [-0.05, 0) is 55.9 Å². The second kappa shape index (κ2) is 7.21. The Morgan fingerprint density at radius 1 is 1.33 bits per heavy atom. The topological polar surface area (TPSA) is 80.2 Å². The lowest BCUT2D eigenvalue weighted by Crippen LogP contribution is -2.50. The molecular formula is C20H25N3O4. The molecule has 7 nitrogen and oxygen atoms in total. The number of carbonyl (C=O) groups is 2. The first-order valence-electron chi connectivity index (χ1n) is 9.55. The molecule has 3 aliphatic rings. The second-order valence-electron chi connectivity index (χ2n) is 7.74. The fourth-order valence-corrected chi connectivity index (χ4v) is 3.75. The zero-order valence-electron chi connectivity index (χ0n) is 15.6. The highest BCUT2D eigenvalue weighted by atomic mass is 16.7. The summed E-state index contributed by atoms with van der Waals surface area (Å²) in [5, 5.41) is 6.89. The van der Waals surface area contributed by atoms with E-state index in [4.69, 9.17) is 9.57 Å². The van der Waals surface area contributed by atoms with Crippen LogP contribution in [-0.2, 0) is 14.4 Å². The average molecular weight is 371 g/mol. The number of piperidine rings is 1. The van der Waals surface area contributed by atoms with E-state index in [1.165, 1.54) is 12.8 Å². The van der Waals surface area contributed by atoms with Gasteiger partial charge < -0.3 is 19.8 Å². The molecule has 2 heterocycles. The Labute approximate surface area is 158 Å². The van der Waals surface area contributed by atoms with Crippen LogP contribution in [0, 0.1) is 5.92 Å². The minimum Gasteiger partial charge on any atom is -0.497 e. The molecule has 2 fully saturated rings. The Morgan fingerprint density at radius 3 is 2.81 bits per heavy atom. The maximum absolute atomic E-state index is 12.5. The molecule has 2 aliphatic heterocycles. The molecule has 0 radical (unpaired) electrons. The van der Waals surface area contributed by atoms with Crippen LogP contribution in [0.5, 0.6) is 5.75 Å². The molecule has 1 spiro atoms. The largest absolute Gasteiger partial charge is 0.497 e. The third-order valence-electron chi connectivity index (χ3n) is 5.50. The molecule has 1 aliphatic carbocycles. The average Bonchev–Trinajstić information content (AvgIpc) is 3.41. The Bertz CT molecular complexity index is 757. The van der Waals surface area contributed by atoms with Crippen LogP contribution in [-0.4, -0.2) is 48.2 Å². The fraction of sp³-hybridized carbons (Fsp3) is 0.550. The number of likely N-dealkylation sites (tertiary alicyclic amines) is 1. The number of hydrogen-bond acceptors (Lipinski definition) is 5. The van der Waals surface area contributed by atoms with Crippen LogP contribution in [0.15, 0.2) is 29.4 Å². The van der Waals surface area contributed by atoms with Crippen molar-refractivity contribution in [3.8, 4) is 5.75 Å². The van der Waals surface area contributed by atoms with Crippen molar-refractivity contribution >= 4 is 23.2 Å². The maximum atomic E-state index is 12.5. The third-order valence-corrected chi connectivity index (χ3v) is 5.50. The van der Waals surface area contributed by atoms with Crippen LogP contribution in [0.2, 0.25) is 0 Å². The Kier molecular flexibility index (Phi) is 4.76. The number of methoxy groups -OCH3 is 1. The van der Waals surface area contributed by atoms with Crippen LogP contribution < -0.4 is 10.1 Å². The minimum atomic E-state index is -0.552. The van der Waals surface area contributed by atoms with Crippen LogP contribution in [0.3, 0.4) is 0 Å². The van der Waals surface area contributed by atoms with Crippen LogP contribution in [0.4, 0.5) is 5.69 Å². The minimum absolute atomic E-state index is 0.205. The molecule has 1 aromatic rings. The predicted molar refractivity (Wildman–Crippen MR) is 101 cm³/mol. The van der Waals surface area contributed by atoms with Crippen molar-refractivity contribution in [2.75, 3.05) is 25.5 Å². The van der Waals surface area contributed by atoms with Crippen LogP contribution >= 0.6 is 0 Å². The smallest absolute Gasteiger partial charge is 0.273 e. The first-order chi connectivity index (χ1) is 13.1. The van der Waals surface area contributed by atoms with Crippen LogP contribution in [0.25, 0.3) is 0 Å². The quantitative estimate of drug-likeness (QED) is 0.863. The summed E-state index contributed by atoms with van der Waals surface area (Å²) in [6.45, 7) is 1.28. The summed E-state index contributed by atoms with van der Waals surface area (Å²) in [6, 6.07) is 7.13. The molecule has 0 unspecified atom stereocenters. The molecule has 1 aromatic carbocycles. The first-order valence-corrected chi connectivity index (χ1v) is 9.55. The zero-order valence-corrected chi connectivity index (χ0v) is 15.6. The van der Waals surface area contributed by atoms with Gasteiger partial charge >= 0.3 is 0 Å². The Hall–Kier alpha value is -2.57.